The Balaban J connectivity index is 2.13. The topological polar surface area (TPSA) is 39.2 Å². The van der Waals surface area contributed by atoms with Gasteiger partial charge in [-0.2, -0.15) is 0 Å². The first kappa shape index (κ1) is 13.8. The van der Waals surface area contributed by atoms with Crippen molar-refractivity contribution in [2.75, 3.05) is 6.61 Å². The largest absolute Gasteiger partial charge is 0.463 e. The fourth-order valence-corrected chi connectivity index (χ4v) is 2.71. The lowest BCUT2D eigenvalue weighted by Gasteiger charge is -2.25. The van der Waals surface area contributed by atoms with Crippen molar-refractivity contribution < 1.29 is 9.53 Å². The van der Waals surface area contributed by atoms with E-state index < -0.39 is 0 Å². The number of hydrogen-bond donors (Lipinski definition) is 0. The van der Waals surface area contributed by atoms with Crippen molar-refractivity contribution in [1.29, 1.82) is 0 Å². The molecule has 1 saturated carbocycles. The zero-order chi connectivity index (χ0) is 13.7. The SMILES string of the molecule is CCOC(=O)/C(C)=C1\CCC[C@@H](c2ccncc2)C1. The van der Waals surface area contributed by atoms with E-state index in [1.165, 1.54) is 17.6 Å². The summed E-state index contributed by atoms with van der Waals surface area (Å²) in [6, 6.07) is 4.15. The summed E-state index contributed by atoms with van der Waals surface area (Å²) in [5.74, 6) is 0.351. The number of carbonyl (C=O) groups is 1. The predicted molar refractivity (Wildman–Crippen MR) is 74.8 cm³/mol. The number of aromatic nitrogens is 1. The molecular weight excluding hydrogens is 238 g/mol. The molecule has 2 rings (SSSR count). The number of ether oxygens (including phenoxy) is 1. The van der Waals surface area contributed by atoms with Crippen molar-refractivity contribution in [3.8, 4) is 0 Å². The van der Waals surface area contributed by atoms with Crippen LogP contribution in [-0.4, -0.2) is 17.6 Å². The molecule has 0 aromatic carbocycles. The van der Waals surface area contributed by atoms with Crippen LogP contribution in [-0.2, 0) is 9.53 Å². The van der Waals surface area contributed by atoms with Gasteiger partial charge in [0.15, 0.2) is 0 Å². The Kier molecular flexibility index (Phi) is 4.72. The first-order valence-corrected chi connectivity index (χ1v) is 6.98. The summed E-state index contributed by atoms with van der Waals surface area (Å²) < 4.78 is 5.09. The monoisotopic (exact) mass is 259 g/mol. The highest BCUT2D eigenvalue weighted by Crippen LogP contribution is 2.37. The number of hydrogen-bond acceptors (Lipinski definition) is 3. The fourth-order valence-electron chi connectivity index (χ4n) is 2.71. The molecule has 1 heterocycles. The minimum absolute atomic E-state index is 0.159. The van der Waals surface area contributed by atoms with Crippen LogP contribution in [0, 0.1) is 0 Å². The van der Waals surface area contributed by atoms with Gasteiger partial charge in [-0.3, -0.25) is 4.98 Å². The van der Waals surface area contributed by atoms with E-state index in [-0.39, 0.29) is 5.97 Å². The van der Waals surface area contributed by atoms with Crippen molar-refractivity contribution in [1.82, 2.24) is 4.98 Å². The average molecular weight is 259 g/mol. The predicted octanol–water partition coefficient (Wildman–Crippen LogP) is 3.62. The molecule has 0 amide bonds. The molecule has 0 saturated heterocycles. The van der Waals surface area contributed by atoms with Crippen LogP contribution < -0.4 is 0 Å². The standard InChI is InChI=1S/C16H21NO2/c1-3-19-16(18)12(2)14-5-4-6-15(11-14)13-7-9-17-10-8-13/h7-10,15H,3-6,11H2,1-2H3/b14-12+/t15-/m1/s1. The van der Waals surface area contributed by atoms with Crippen molar-refractivity contribution in [2.45, 2.75) is 45.4 Å². The summed E-state index contributed by atoms with van der Waals surface area (Å²) in [4.78, 5) is 15.9. The van der Waals surface area contributed by atoms with Crippen LogP contribution in [0.1, 0.15) is 51.0 Å². The van der Waals surface area contributed by atoms with E-state index in [1.807, 2.05) is 26.2 Å². The highest BCUT2D eigenvalue weighted by atomic mass is 16.5. The zero-order valence-electron chi connectivity index (χ0n) is 11.7. The van der Waals surface area contributed by atoms with Gasteiger partial charge in [0.2, 0.25) is 0 Å². The lowest BCUT2D eigenvalue weighted by atomic mass is 9.80. The molecule has 19 heavy (non-hydrogen) atoms. The van der Waals surface area contributed by atoms with Crippen molar-refractivity contribution in [3.63, 3.8) is 0 Å². The van der Waals surface area contributed by atoms with E-state index >= 15 is 0 Å². The van der Waals surface area contributed by atoms with Crippen LogP contribution in [0.25, 0.3) is 0 Å². The van der Waals surface area contributed by atoms with E-state index in [0.717, 1.165) is 24.8 Å². The van der Waals surface area contributed by atoms with E-state index in [0.29, 0.717) is 12.5 Å². The second-order valence-corrected chi connectivity index (χ2v) is 5.02. The molecule has 1 aromatic heterocycles. The maximum absolute atomic E-state index is 11.8. The number of nitrogens with zero attached hydrogens (tertiary/aromatic N) is 1. The van der Waals surface area contributed by atoms with E-state index in [1.54, 1.807) is 0 Å². The Morgan fingerprint density at radius 2 is 2.16 bits per heavy atom. The lowest BCUT2D eigenvalue weighted by Crippen LogP contribution is -2.13. The van der Waals surface area contributed by atoms with Crippen LogP contribution in [0.3, 0.4) is 0 Å². The van der Waals surface area contributed by atoms with Gasteiger partial charge in [-0.15, -0.1) is 0 Å². The number of allylic oxidation sites excluding steroid dienone is 1. The Labute approximate surface area is 114 Å². The smallest absolute Gasteiger partial charge is 0.333 e. The van der Waals surface area contributed by atoms with E-state index in [4.69, 9.17) is 4.74 Å². The molecule has 0 radical (unpaired) electrons. The van der Waals surface area contributed by atoms with Gasteiger partial charge >= 0.3 is 5.97 Å². The third-order valence-electron chi connectivity index (χ3n) is 3.81. The van der Waals surface area contributed by atoms with Crippen molar-refractivity contribution in [3.05, 3.63) is 41.2 Å². The molecule has 1 aromatic rings. The van der Waals surface area contributed by atoms with Crippen LogP contribution in [0.5, 0.6) is 0 Å². The van der Waals surface area contributed by atoms with Gasteiger partial charge in [-0.05, 0) is 63.1 Å². The first-order valence-electron chi connectivity index (χ1n) is 6.98. The maximum Gasteiger partial charge on any atom is 0.333 e. The van der Waals surface area contributed by atoms with Crippen LogP contribution >= 0.6 is 0 Å². The van der Waals surface area contributed by atoms with Gasteiger partial charge < -0.3 is 4.74 Å². The van der Waals surface area contributed by atoms with Gasteiger partial charge in [-0.1, -0.05) is 5.57 Å². The minimum atomic E-state index is -0.159. The first-order chi connectivity index (χ1) is 9.22. The summed E-state index contributed by atoms with van der Waals surface area (Å²) in [5, 5.41) is 0. The van der Waals surface area contributed by atoms with Gasteiger partial charge in [-0.25, -0.2) is 4.79 Å². The average Bonchev–Trinajstić information content (AvgIpc) is 2.48. The quantitative estimate of drug-likeness (QED) is 0.614. The molecule has 1 aliphatic carbocycles. The summed E-state index contributed by atoms with van der Waals surface area (Å²) in [6.45, 7) is 4.18. The molecule has 1 aliphatic rings. The molecule has 0 bridgehead atoms. The summed E-state index contributed by atoms with van der Waals surface area (Å²) in [7, 11) is 0. The summed E-state index contributed by atoms with van der Waals surface area (Å²) in [6.07, 6.45) is 7.99. The van der Waals surface area contributed by atoms with Gasteiger partial charge in [0, 0.05) is 18.0 Å². The molecule has 102 valence electrons. The maximum atomic E-state index is 11.8. The molecule has 3 heteroatoms. The molecular formula is C16H21NO2. The molecule has 0 N–H and O–H groups in total. The van der Waals surface area contributed by atoms with Gasteiger partial charge in [0.25, 0.3) is 0 Å². The van der Waals surface area contributed by atoms with Gasteiger partial charge in [0.1, 0.15) is 0 Å². The third kappa shape index (κ3) is 3.43. The van der Waals surface area contributed by atoms with Crippen molar-refractivity contribution >= 4 is 5.97 Å². The molecule has 0 spiro atoms. The number of carbonyl (C=O) groups excluding carboxylic acids is 1. The van der Waals surface area contributed by atoms with Crippen LogP contribution in [0.2, 0.25) is 0 Å². The second kappa shape index (κ2) is 6.50. The summed E-state index contributed by atoms with van der Waals surface area (Å²) >= 11 is 0. The normalized spacial score (nSPS) is 21.9. The number of pyridine rings is 1. The molecule has 1 atom stereocenters. The zero-order valence-corrected chi connectivity index (χ0v) is 11.7. The Morgan fingerprint density at radius 3 is 2.84 bits per heavy atom. The van der Waals surface area contributed by atoms with Crippen LogP contribution in [0.4, 0.5) is 0 Å². The minimum Gasteiger partial charge on any atom is -0.463 e. The number of esters is 1. The van der Waals surface area contributed by atoms with E-state index in [9.17, 15) is 4.79 Å². The lowest BCUT2D eigenvalue weighted by molar-refractivity contribution is -0.138. The fraction of sp³-hybridized carbons (Fsp3) is 0.500. The van der Waals surface area contributed by atoms with E-state index in [2.05, 4.69) is 17.1 Å². The Morgan fingerprint density at radius 1 is 1.42 bits per heavy atom. The molecule has 0 unspecified atom stereocenters. The van der Waals surface area contributed by atoms with Crippen molar-refractivity contribution in [2.24, 2.45) is 0 Å². The highest BCUT2D eigenvalue weighted by molar-refractivity contribution is 5.88. The molecule has 1 fully saturated rings. The summed E-state index contributed by atoms with van der Waals surface area (Å²) in [5.41, 5.74) is 3.39. The molecule has 0 aliphatic heterocycles. The van der Waals surface area contributed by atoms with Gasteiger partial charge in [0.05, 0.1) is 6.61 Å². The second-order valence-electron chi connectivity index (χ2n) is 5.02. The Hall–Kier alpha value is -1.64. The Bertz CT molecular complexity index is 465. The third-order valence-corrected chi connectivity index (χ3v) is 3.81. The number of rotatable bonds is 3. The van der Waals surface area contributed by atoms with Crippen LogP contribution in [0.15, 0.2) is 35.7 Å². The molecule has 3 nitrogen and oxygen atoms in total. The highest BCUT2D eigenvalue weighted by Gasteiger charge is 2.22.